The van der Waals surface area contributed by atoms with Gasteiger partial charge in [-0.3, -0.25) is 4.90 Å². The van der Waals surface area contributed by atoms with E-state index in [0.29, 0.717) is 10.9 Å². The quantitative estimate of drug-likeness (QED) is 0.586. The van der Waals surface area contributed by atoms with Crippen molar-refractivity contribution < 1.29 is 0 Å². The lowest BCUT2D eigenvalue weighted by molar-refractivity contribution is 0.249. The van der Waals surface area contributed by atoms with Gasteiger partial charge in [-0.25, -0.2) is 10.9 Å². The summed E-state index contributed by atoms with van der Waals surface area (Å²) in [4.78, 5) is 2.63. The van der Waals surface area contributed by atoms with Crippen LogP contribution in [-0.4, -0.2) is 34.4 Å². The first-order valence-corrected chi connectivity index (χ1v) is 7.40. The van der Waals surface area contributed by atoms with Gasteiger partial charge in [-0.15, -0.1) is 0 Å². The largest absolute Gasteiger partial charge is 0.295 e. The van der Waals surface area contributed by atoms with Crippen molar-refractivity contribution in [3.63, 3.8) is 0 Å². The van der Waals surface area contributed by atoms with Gasteiger partial charge in [0.05, 0.1) is 0 Å². The summed E-state index contributed by atoms with van der Waals surface area (Å²) in [5, 5.41) is 2.30. The second-order valence-corrected chi connectivity index (χ2v) is 7.85. The minimum atomic E-state index is 0.414. The molecule has 4 aliphatic rings. The number of hydrogen-bond donors (Lipinski definition) is 1. The van der Waals surface area contributed by atoms with Crippen molar-refractivity contribution in [1.29, 1.82) is 0 Å². The average Bonchev–Trinajstić information content (AvgIpc) is 2.47. The third-order valence-corrected chi connectivity index (χ3v) is 8.50. The molecule has 0 aromatic rings. The van der Waals surface area contributed by atoms with Crippen LogP contribution in [0.15, 0.2) is 0 Å². The molecule has 13 heavy (non-hydrogen) atoms. The summed E-state index contributed by atoms with van der Waals surface area (Å²) in [6.07, 6.45) is 6.28. The summed E-state index contributed by atoms with van der Waals surface area (Å²) in [6, 6.07) is 0.902. The zero-order valence-electron chi connectivity index (χ0n) is 8.74. The van der Waals surface area contributed by atoms with Crippen molar-refractivity contribution in [1.82, 2.24) is 4.90 Å². The van der Waals surface area contributed by atoms with E-state index in [4.69, 9.17) is 0 Å². The highest BCUT2D eigenvalue weighted by atomic mass is 32.2. The standard InChI is InChI=1S/C11H21NS/c1-8-11-9-3-5-10(6-4-9)13(11)7-12(8)2/h8-11,13H,3-7H2,1-2H3. The van der Waals surface area contributed by atoms with Crippen molar-refractivity contribution in [2.24, 2.45) is 5.92 Å². The predicted octanol–water partition coefficient (Wildman–Crippen LogP) is 2.22. The van der Waals surface area contributed by atoms with Crippen LogP contribution in [0.1, 0.15) is 32.6 Å². The Balaban J connectivity index is 1.90. The molecule has 76 valence electrons. The van der Waals surface area contributed by atoms with Crippen LogP contribution in [0.4, 0.5) is 0 Å². The Hall–Kier alpha value is 0.310. The van der Waals surface area contributed by atoms with Gasteiger partial charge < -0.3 is 0 Å². The van der Waals surface area contributed by atoms with Gasteiger partial charge in [0.25, 0.3) is 0 Å². The first-order chi connectivity index (χ1) is 6.27. The van der Waals surface area contributed by atoms with Gasteiger partial charge >= 0.3 is 0 Å². The molecular formula is C11H21NS. The lowest BCUT2D eigenvalue weighted by atomic mass is 9.83. The summed E-state index contributed by atoms with van der Waals surface area (Å²) in [5.41, 5.74) is 0. The maximum atomic E-state index is 2.63. The summed E-state index contributed by atoms with van der Waals surface area (Å²) in [5.74, 6) is 2.58. The maximum absolute atomic E-state index is 2.63. The highest BCUT2D eigenvalue weighted by molar-refractivity contribution is 8.18. The molecule has 1 aliphatic carbocycles. The van der Waals surface area contributed by atoms with E-state index in [0.717, 1.165) is 22.5 Å². The minimum absolute atomic E-state index is 0.414. The van der Waals surface area contributed by atoms with E-state index in [1.54, 1.807) is 25.7 Å². The second kappa shape index (κ2) is 2.90. The topological polar surface area (TPSA) is 3.24 Å². The van der Waals surface area contributed by atoms with Crippen LogP contribution >= 0.6 is 10.9 Å². The molecular weight excluding hydrogens is 178 g/mol. The molecule has 3 heterocycles. The Morgan fingerprint density at radius 2 is 1.85 bits per heavy atom. The van der Waals surface area contributed by atoms with Crippen LogP contribution in [-0.2, 0) is 0 Å². The molecule has 3 atom stereocenters. The molecule has 3 unspecified atom stereocenters. The van der Waals surface area contributed by atoms with Crippen molar-refractivity contribution in [2.75, 3.05) is 12.9 Å². The number of rotatable bonds is 0. The smallest absolute Gasteiger partial charge is 0.0271 e. The van der Waals surface area contributed by atoms with Gasteiger partial charge in [-0.05, 0) is 50.8 Å². The molecule has 3 saturated heterocycles. The van der Waals surface area contributed by atoms with E-state index in [9.17, 15) is 0 Å². The fraction of sp³-hybridized carbons (Fsp3) is 1.00. The molecule has 0 spiro atoms. The van der Waals surface area contributed by atoms with E-state index in [-0.39, 0.29) is 0 Å². The number of thiol groups is 1. The predicted molar refractivity (Wildman–Crippen MR) is 60.6 cm³/mol. The lowest BCUT2D eigenvalue weighted by Crippen LogP contribution is -2.41. The molecule has 2 heteroatoms. The molecule has 0 amide bonds. The van der Waals surface area contributed by atoms with Crippen LogP contribution in [0.5, 0.6) is 0 Å². The van der Waals surface area contributed by atoms with E-state index >= 15 is 0 Å². The highest BCUT2D eigenvalue weighted by Gasteiger charge is 2.48. The third-order valence-electron chi connectivity index (χ3n) is 4.65. The van der Waals surface area contributed by atoms with Crippen LogP contribution < -0.4 is 0 Å². The van der Waals surface area contributed by atoms with E-state index in [1.165, 1.54) is 5.88 Å². The fourth-order valence-electron chi connectivity index (χ4n) is 3.82. The molecule has 1 nitrogen and oxygen atoms in total. The van der Waals surface area contributed by atoms with Gasteiger partial charge in [-0.1, -0.05) is 0 Å². The second-order valence-electron chi connectivity index (χ2n) is 5.21. The van der Waals surface area contributed by atoms with Crippen molar-refractivity contribution in [3.05, 3.63) is 0 Å². The van der Waals surface area contributed by atoms with Gasteiger partial charge in [-0.2, -0.15) is 0 Å². The van der Waals surface area contributed by atoms with Gasteiger partial charge in [0.15, 0.2) is 0 Å². The molecule has 4 rings (SSSR count). The van der Waals surface area contributed by atoms with Gasteiger partial charge in [0, 0.05) is 17.2 Å². The van der Waals surface area contributed by atoms with E-state index in [2.05, 4.69) is 18.9 Å². The van der Waals surface area contributed by atoms with Crippen LogP contribution in [0.2, 0.25) is 0 Å². The number of fused-ring (bicyclic) bond motifs is 2. The molecule has 0 radical (unpaired) electrons. The Labute approximate surface area is 84.2 Å². The Bertz CT molecular complexity index is 210. The SMILES string of the molecule is CC1C2C3CCC(CC3)[SH]2CN1C. The first-order valence-electron chi connectivity index (χ1n) is 5.73. The van der Waals surface area contributed by atoms with Gasteiger partial charge in [0.2, 0.25) is 0 Å². The van der Waals surface area contributed by atoms with Crippen LogP contribution in [0, 0.1) is 5.92 Å². The van der Waals surface area contributed by atoms with E-state index in [1.807, 2.05) is 0 Å². The molecule has 0 N–H and O–H groups in total. The Kier molecular flexibility index (Phi) is 1.92. The number of nitrogens with zero attached hydrogens (tertiary/aromatic N) is 1. The maximum Gasteiger partial charge on any atom is 0.0271 e. The van der Waals surface area contributed by atoms with Crippen LogP contribution in [0.25, 0.3) is 0 Å². The Morgan fingerprint density at radius 1 is 1.15 bits per heavy atom. The van der Waals surface area contributed by atoms with E-state index < -0.39 is 0 Å². The molecule has 4 fully saturated rings. The third kappa shape index (κ3) is 1.11. The number of hydrogen-bond acceptors (Lipinski definition) is 1. The minimum Gasteiger partial charge on any atom is -0.295 e. The zero-order valence-corrected chi connectivity index (χ0v) is 9.63. The molecule has 0 aromatic carbocycles. The summed E-state index contributed by atoms with van der Waals surface area (Å²) < 4.78 is 0. The monoisotopic (exact) mass is 199 g/mol. The lowest BCUT2D eigenvalue weighted by Gasteiger charge is -2.48. The molecule has 3 aliphatic heterocycles. The summed E-state index contributed by atoms with van der Waals surface area (Å²) in [7, 11) is 2.75. The first kappa shape index (κ1) is 8.60. The Morgan fingerprint density at radius 3 is 2.46 bits per heavy atom. The molecule has 0 aromatic heterocycles. The van der Waals surface area contributed by atoms with Crippen LogP contribution in [0.3, 0.4) is 0 Å². The normalized spacial score (nSPS) is 58.2. The highest BCUT2D eigenvalue weighted by Crippen LogP contribution is 2.60. The summed E-state index contributed by atoms with van der Waals surface area (Å²) >= 11 is 0. The molecule has 2 bridgehead atoms. The van der Waals surface area contributed by atoms with Crippen molar-refractivity contribution in [2.45, 2.75) is 49.1 Å². The average molecular weight is 199 g/mol. The van der Waals surface area contributed by atoms with Gasteiger partial charge in [0.1, 0.15) is 0 Å². The molecule has 1 saturated carbocycles. The van der Waals surface area contributed by atoms with Crippen molar-refractivity contribution >= 4 is 10.9 Å². The summed E-state index contributed by atoms with van der Waals surface area (Å²) in [6.45, 7) is 2.47. The fourth-order valence-corrected chi connectivity index (χ4v) is 8.08. The zero-order chi connectivity index (χ0) is 9.00. The van der Waals surface area contributed by atoms with Crippen molar-refractivity contribution in [3.8, 4) is 0 Å².